The molecule has 1 rings (SSSR count). The van der Waals surface area contributed by atoms with Crippen molar-refractivity contribution in [3.8, 4) is 0 Å². The van der Waals surface area contributed by atoms with Gasteiger partial charge in [-0.3, -0.25) is 4.90 Å². The van der Waals surface area contributed by atoms with Crippen molar-refractivity contribution in [1.29, 1.82) is 0 Å². The van der Waals surface area contributed by atoms with Crippen LogP contribution in [0, 0.1) is 5.92 Å². The maximum Gasteiger partial charge on any atom is 0.0615 e. The highest BCUT2D eigenvalue weighted by Gasteiger charge is 2.31. The van der Waals surface area contributed by atoms with Gasteiger partial charge in [0.2, 0.25) is 0 Å². The molecule has 0 aromatic heterocycles. The third-order valence-corrected chi connectivity index (χ3v) is 3.89. The Balaban J connectivity index is 2.61. The van der Waals surface area contributed by atoms with Gasteiger partial charge in [-0.25, -0.2) is 0 Å². The second-order valence-electron chi connectivity index (χ2n) is 5.70. The van der Waals surface area contributed by atoms with Gasteiger partial charge in [0.15, 0.2) is 0 Å². The SMILES string of the molecule is CCCC1CNC(C(C)C)CN1C(C)COC. The summed E-state index contributed by atoms with van der Waals surface area (Å²) in [4.78, 5) is 2.65. The fourth-order valence-electron chi connectivity index (χ4n) is 2.77. The van der Waals surface area contributed by atoms with Crippen LogP contribution >= 0.6 is 0 Å². The molecule has 0 aromatic rings. The molecule has 3 atom stereocenters. The van der Waals surface area contributed by atoms with Crippen LogP contribution in [0.25, 0.3) is 0 Å². The van der Waals surface area contributed by atoms with E-state index in [2.05, 4.69) is 37.9 Å². The molecular weight excluding hydrogens is 212 g/mol. The third-order valence-electron chi connectivity index (χ3n) is 3.89. The monoisotopic (exact) mass is 242 g/mol. The van der Waals surface area contributed by atoms with Crippen molar-refractivity contribution in [3.63, 3.8) is 0 Å². The minimum atomic E-state index is 0.528. The standard InChI is InChI=1S/C14H30N2O/c1-6-7-13-8-15-14(11(2)3)9-16(13)12(4)10-17-5/h11-15H,6-10H2,1-5H3. The van der Waals surface area contributed by atoms with Gasteiger partial charge in [0, 0.05) is 38.3 Å². The Bertz CT molecular complexity index is 208. The molecule has 0 aromatic carbocycles. The highest BCUT2D eigenvalue weighted by atomic mass is 16.5. The molecule has 17 heavy (non-hydrogen) atoms. The summed E-state index contributed by atoms with van der Waals surface area (Å²) in [6, 6.07) is 1.84. The maximum atomic E-state index is 5.32. The van der Waals surface area contributed by atoms with E-state index in [1.165, 1.54) is 12.8 Å². The van der Waals surface area contributed by atoms with Crippen LogP contribution in [-0.4, -0.2) is 49.8 Å². The summed E-state index contributed by atoms with van der Waals surface area (Å²) in [6.45, 7) is 12.3. The van der Waals surface area contributed by atoms with Crippen LogP contribution in [0.3, 0.4) is 0 Å². The molecule has 0 spiro atoms. The van der Waals surface area contributed by atoms with Crippen LogP contribution in [0.15, 0.2) is 0 Å². The summed E-state index contributed by atoms with van der Waals surface area (Å²) in [5.74, 6) is 0.704. The van der Waals surface area contributed by atoms with E-state index in [0.717, 1.165) is 19.7 Å². The molecule has 3 heteroatoms. The van der Waals surface area contributed by atoms with Gasteiger partial charge in [0.05, 0.1) is 6.61 Å². The molecule has 1 saturated heterocycles. The number of piperazine rings is 1. The second kappa shape index (κ2) is 7.34. The highest BCUT2D eigenvalue weighted by molar-refractivity contribution is 4.89. The second-order valence-corrected chi connectivity index (χ2v) is 5.70. The molecule has 1 aliphatic heterocycles. The van der Waals surface area contributed by atoms with Gasteiger partial charge in [0.1, 0.15) is 0 Å². The lowest BCUT2D eigenvalue weighted by Gasteiger charge is -2.44. The van der Waals surface area contributed by atoms with Gasteiger partial charge in [-0.05, 0) is 19.3 Å². The number of nitrogens with one attached hydrogen (secondary N) is 1. The van der Waals surface area contributed by atoms with Crippen LogP contribution in [0.1, 0.15) is 40.5 Å². The lowest BCUT2D eigenvalue weighted by Crippen LogP contribution is -2.60. The zero-order valence-electron chi connectivity index (χ0n) is 12.2. The first kappa shape index (κ1) is 14.9. The lowest BCUT2D eigenvalue weighted by atomic mass is 9.96. The summed E-state index contributed by atoms with van der Waals surface area (Å²) in [5.41, 5.74) is 0. The first-order chi connectivity index (χ1) is 8.10. The van der Waals surface area contributed by atoms with Crippen molar-refractivity contribution in [1.82, 2.24) is 10.2 Å². The molecule has 0 aliphatic carbocycles. The molecule has 0 bridgehead atoms. The Morgan fingerprint density at radius 1 is 1.35 bits per heavy atom. The van der Waals surface area contributed by atoms with Gasteiger partial charge >= 0.3 is 0 Å². The first-order valence-electron chi connectivity index (χ1n) is 7.08. The van der Waals surface area contributed by atoms with E-state index in [0.29, 0.717) is 24.0 Å². The van der Waals surface area contributed by atoms with Crippen LogP contribution in [-0.2, 0) is 4.74 Å². The summed E-state index contributed by atoms with van der Waals surface area (Å²) < 4.78 is 5.32. The van der Waals surface area contributed by atoms with Crippen LogP contribution in [0.2, 0.25) is 0 Å². The van der Waals surface area contributed by atoms with Gasteiger partial charge in [-0.15, -0.1) is 0 Å². The van der Waals surface area contributed by atoms with E-state index in [9.17, 15) is 0 Å². The Labute approximate surface area is 107 Å². The van der Waals surface area contributed by atoms with Gasteiger partial charge in [-0.2, -0.15) is 0 Å². The number of nitrogens with zero attached hydrogens (tertiary/aromatic N) is 1. The molecule has 1 aliphatic rings. The predicted octanol–water partition coefficient (Wildman–Crippen LogP) is 2.12. The summed E-state index contributed by atoms with van der Waals surface area (Å²) in [6.07, 6.45) is 2.54. The molecule has 0 saturated carbocycles. The van der Waals surface area contributed by atoms with E-state index in [1.54, 1.807) is 7.11 Å². The molecular formula is C14H30N2O. The Morgan fingerprint density at radius 2 is 2.06 bits per heavy atom. The molecule has 1 heterocycles. The lowest BCUT2D eigenvalue weighted by molar-refractivity contribution is 0.0309. The van der Waals surface area contributed by atoms with E-state index in [-0.39, 0.29) is 0 Å². The van der Waals surface area contributed by atoms with Gasteiger partial charge in [0.25, 0.3) is 0 Å². The minimum Gasteiger partial charge on any atom is -0.383 e. The zero-order chi connectivity index (χ0) is 12.8. The van der Waals surface area contributed by atoms with Gasteiger partial charge in [-0.1, -0.05) is 27.2 Å². The molecule has 0 amide bonds. The van der Waals surface area contributed by atoms with E-state index in [4.69, 9.17) is 4.74 Å². The molecule has 3 unspecified atom stereocenters. The summed E-state index contributed by atoms with van der Waals surface area (Å²) in [5, 5.41) is 3.70. The highest BCUT2D eigenvalue weighted by Crippen LogP contribution is 2.19. The van der Waals surface area contributed by atoms with E-state index < -0.39 is 0 Å². The zero-order valence-corrected chi connectivity index (χ0v) is 12.2. The number of hydrogen-bond acceptors (Lipinski definition) is 3. The third kappa shape index (κ3) is 4.23. The van der Waals surface area contributed by atoms with Crippen molar-refractivity contribution < 1.29 is 4.74 Å². The quantitative estimate of drug-likeness (QED) is 0.772. The average molecular weight is 242 g/mol. The van der Waals surface area contributed by atoms with Crippen molar-refractivity contribution in [3.05, 3.63) is 0 Å². The molecule has 0 radical (unpaired) electrons. The van der Waals surface area contributed by atoms with E-state index in [1.807, 2.05) is 0 Å². The fraction of sp³-hybridized carbons (Fsp3) is 1.00. The van der Waals surface area contributed by atoms with Crippen LogP contribution < -0.4 is 5.32 Å². The van der Waals surface area contributed by atoms with Gasteiger partial charge < -0.3 is 10.1 Å². The number of hydrogen-bond donors (Lipinski definition) is 1. The minimum absolute atomic E-state index is 0.528. The molecule has 1 fully saturated rings. The van der Waals surface area contributed by atoms with Crippen LogP contribution in [0.5, 0.6) is 0 Å². The smallest absolute Gasteiger partial charge is 0.0615 e. The van der Waals surface area contributed by atoms with Crippen molar-refractivity contribution in [2.45, 2.75) is 58.7 Å². The van der Waals surface area contributed by atoms with Crippen LogP contribution in [0.4, 0.5) is 0 Å². The summed E-state index contributed by atoms with van der Waals surface area (Å²) >= 11 is 0. The van der Waals surface area contributed by atoms with Crippen molar-refractivity contribution >= 4 is 0 Å². The molecule has 1 N–H and O–H groups in total. The topological polar surface area (TPSA) is 24.5 Å². The Morgan fingerprint density at radius 3 is 2.59 bits per heavy atom. The number of ether oxygens (including phenoxy) is 1. The summed E-state index contributed by atoms with van der Waals surface area (Å²) in [7, 11) is 1.80. The number of rotatable bonds is 6. The largest absolute Gasteiger partial charge is 0.383 e. The fourth-order valence-corrected chi connectivity index (χ4v) is 2.77. The van der Waals surface area contributed by atoms with E-state index >= 15 is 0 Å². The number of methoxy groups -OCH3 is 1. The first-order valence-corrected chi connectivity index (χ1v) is 7.08. The Kier molecular flexibility index (Phi) is 6.45. The molecule has 102 valence electrons. The molecule has 3 nitrogen and oxygen atoms in total. The van der Waals surface area contributed by atoms with Crippen molar-refractivity contribution in [2.75, 3.05) is 26.8 Å². The predicted molar refractivity (Wildman–Crippen MR) is 73.4 cm³/mol. The maximum absolute atomic E-state index is 5.32. The Hall–Kier alpha value is -0.120. The normalized spacial score (nSPS) is 28.6. The van der Waals surface area contributed by atoms with Crippen molar-refractivity contribution in [2.24, 2.45) is 5.92 Å². The average Bonchev–Trinajstić information content (AvgIpc) is 2.30.